The van der Waals surface area contributed by atoms with E-state index in [9.17, 15) is 19.4 Å². The second kappa shape index (κ2) is 7.43. The summed E-state index contributed by atoms with van der Waals surface area (Å²) in [5.41, 5.74) is 6.30. The Bertz CT molecular complexity index is 1100. The Morgan fingerprint density at radius 1 is 1.41 bits per heavy atom. The topological polar surface area (TPSA) is 138 Å². The molecule has 4 N–H and O–H groups in total. The molecule has 0 saturated carbocycles. The first-order valence-electron chi connectivity index (χ1n) is 8.89. The number of nitrogen functional groups attached to an aromatic ring is 1. The highest BCUT2D eigenvalue weighted by Crippen LogP contribution is 2.32. The molecule has 1 fully saturated rings. The summed E-state index contributed by atoms with van der Waals surface area (Å²) in [5, 5.41) is 19.5. The van der Waals surface area contributed by atoms with Gasteiger partial charge in [-0.05, 0) is 17.7 Å². The van der Waals surface area contributed by atoms with Crippen molar-refractivity contribution in [2.24, 2.45) is 0 Å². The summed E-state index contributed by atoms with van der Waals surface area (Å²) in [7, 11) is 1.54. The van der Waals surface area contributed by atoms with Gasteiger partial charge in [-0.25, -0.2) is 18.7 Å². The zero-order valence-corrected chi connectivity index (χ0v) is 15.5. The Morgan fingerprint density at radius 2 is 2.21 bits per heavy atom. The minimum atomic E-state index is -1.85. The molecule has 154 valence electrons. The number of methoxy groups -OCH3 is 1. The first-order valence-corrected chi connectivity index (χ1v) is 8.89. The average molecular weight is 405 g/mol. The molecule has 1 aromatic carbocycles. The molecule has 0 bridgehead atoms. The minimum absolute atomic E-state index is 0.0900. The van der Waals surface area contributed by atoms with E-state index >= 15 is 0 Å². The van der Waals surface area contributed by atoms with E-state index in [-0.39, 0.29) is 18.1 Å². The van der Waals surface area contributed by atoms with Crippen LogP contribution in [0.25, 0.3) is 11.2 Å². The van der Waals surface area contributed by atoms with Gasteiger partial charge in [-0.15, -0.1) is 0 Å². The monoisotopic (exact) mass is 405 g/mol. The third-order valence-corrected chi connectivity index (χ3v) is 4.92. The summed E-state index contributed by atoms with van der Waals surface area (Å²) >= 11 is 0. The van der Waals surface area contributed by atoms with Crippen LogP contribution in [0.15, 0.2) is 35.3 Å². The van der Waals surface area contributed by atoms with Crippen LogP contribution in [0, 0.1) is 0 Å². The van der Waals surface area contributed by atoms with Gasteiger partial charge in [0, 0.05) is 0 Å². The molecule has 0 radical (unpaired) electrons. The number of aliphatic hydroxyl groups excluding tert-OH is 2. The number of alkyl halides is 1. The molecular formula is C18H20FN5O5. The second-order valence-electron chi connectivity index (χ2n) is 6.71. The summed E-state index contributed by atoms with van der Waals surface area (Å²) in [6.07, 6.45) is -4.74. The van der Waals surface area contributed by atoms with E-state index in [2.05, 4.69) is 9.97 Å². The summed E-state index contributed by atoms with van der Waals surface area (Å²) in [5.74, 6) is 0.535. The fourth-order valence-corrected chi connectivity index (χ4v) is 3.48. The maximum Gasteiger partial charge on any atom is 0.332 e. The summed E-state index contributed by atoms with van der Waals surface area (Å²) < 4.78 is 27.3. The van der Waals surface area contributed by atoms with E-state index in [0.717, 1.165) is 10.1 Å². The molecular weight excluding hydrogens is 385 g/mol. The SMILES string of the molecule is COc1cccc(Cn2c(=O)n([C@@H]3O[C@H](CO)[C@@H](F)[C@H]3O)c3nc(N)ncc32)c1. The first-order chi connectivity index (χ1) is 13.9. The van der Waals surface area contributed by atoms with Gasteiger partial charge >= 0.3 is 5.69 Å². The Kier molecular flexibility index (Phi) is 4.94. The lowest BCUT2D eigenvalue weighted by Crippen LogP contribution is -2.34. The van der Waals surface area contributed by atoms with Crippen molar-refractivity contribution in [3.63, 3.8) is 0 Å². The predicted octanol–water partition coefficient (Wildman–Crippen LogP) is -0.179. The number of nitrogens with zero attached hydrogens (tertiary/aromatic N) is 4. The number of anilines is 1. The van der Waals surface area contributed by atoms with Gasteiger partial charge in [0.25, 0.3) is 0 Å². The number of fused-ring (bicyclic) bond motifs is 1. The Morgan fingerprint density at radius 3 is 2.90 bits per heavy atom. The van der Waals surface area contributed by atoms with Gasteiger partial charge < -0.3 is 25.4 Å². The zero-order chi connectivity index (χ0) is 20.7. The van der Waals surface area contributed by atoms with Gasteiger partial charge in [0.05, 0.1) is 26.5 Å². The van der Waals surface area contributed by atoms with Crippen LogP contribution in [0.3, 0.4) is 0 Å². The number of aliphatic hydroxyl groups is 2. The van der Waals surface area contributed by atoms with E-state index in [4.69, 9.17) is 15.2 Å². The van der Waals surface area contributed by atoms with Crippen molar-refractivity contribution in [2.75, 3.05) is 19.5 Å². The molecule has 3 aromatic rings. The molecule has 0 spiro atoms. The summed E-state index contributed by atoms with van der Waals surface area (Å²) in [4.78, 5) is 21.2. The number of benzene rings is 1. The number of nitrogens with two attached hydrogens (primary N) is 1. The molecule has 0 amide bonds. The molecule has 10 nitrogen and oxygen atoms in total. The van der Waals surface area contributed by atoms with E-state index < -0.39 is 36.9 Å². The molecule has 1 saturated heterocycles. The Balaban J connectivity index is 1.85. The van der Waals surface area contributed by atoms with Crippen LogP contribution in [-0.2, 0) is 11.3 Å². The molecule has 1 aliphatic heterocycles. The lowest BCUT2D eigenvalue weighted by Gasteiger charge is -2.15. The summed E-state index contributed by atoms with van der Waals surface area (Å²) in [6, 6.07) is 7.15. The lowest BCUT2D eigenvalue weighted by molar-refractivity contribution is -0.0513. The van der Waals surface area contributed by atoms with Crippen molar-refractivity contribution < 1.29 is 24.1 Å². The fourth-order valence-electron chi connectivity index (χ4n) is 3.48. The standard InChI is InChI=1S/C18H20FN5O5/c1-28-10-4-2-3-9(5-10)7-23-11-6-21-17(20)22-15(11)24(18(23)27)16-14(26)13(19)12(8-25)29-16/h2-6,12-14,16,25-26H,7-8H2,1H3,(H2,20,21,22)/t12-,13-,14-,16-/m1/s1. The van der Waals surface area contributed by atoms with Crippen LogP contribution in [-0.4, -0.2) is 61.4 Å². The zero-order valence-electron chi connectivity index (χ0n) is 15.5. The number of halogens is 1. The Hall–Kier alpha value is -3.02. The highest BCUT2D eigenvalue weighted by atomic mass is 19.1. The van der Waals surface area contributed by atoms with Crippen molar-refractivity contribution in [2.45, 2.75) is 31.2 Å². The quantitative estimate of drug-likeness (QED) is 0.532. The van der Waals surface area contributed by atoms with Crippen molar-refractivity contribution in [1.82, 2.24) is 19.1 Å². The molecule has 3 heterocycles. The van der Waals surface area contributed by atoms with E-state index in [1.165, 1.54) is 17.9 Å². The second-order valence-corrected chi connectivity index (χ2v) is 6.71. The van der Waals surface area contributed by atoms with Crippen LogP contribution in [0.2, 0.25) is 0 Å². The van der Waals surface area contributed by atoms with Gasteiger partial charge in [-0.3, -0.25) is 4.57 Å². The van der Waals surface area contributed by atoms with Crippen molar-refractivity contribution in [3.05, 3.63) is 46.5 Å². The van der Waals surface area contributed by atoms with Gasteiger partial charge in [-0.1, -0.05) is 12.1 Å². The third kappa shape index (κ3) is 3.22. The van der Waals surface area contributed by atoms with Gasteiger partial charge in [-0.2, -0.15) is 4.98 Å². The highest BCUT2D eigenvalue weighted by molar-refractivity contribution is 5.72. The van der Waals surface area contributed by atoms with Crippen molar-refractivity contribution in [3.8, 4) is 5.75 Å². The van der Waals surface area contributed by atoms with Crippen LogP contribution in [0.5, 0.6) is 5.75 Å². The molecule has 2 aromatic heterocycles. The number of aromatic nitrogens is 4. The van der Waals surface area contributed by atoms with Gasteiger partial charge in [0.2, 0.25) is 5.95 Å². The lowest BCUT2D eigenvalue weighted by atomic mass is 10.1. The maximum absolute atomic E-state index is 14.2. The molecule has 11 heteroatoms. The molecule has 29 heavy (non-hydrogen) atoms. The maximum atomic E-state index is 14.2. The molecule has 0 unspecified atom stereocenters. The molecule has 0 aliphatic carbocycles. The number of hydrogen-bond acceptors (Lipinski definition) is 8. The van der Waals surface area contributed by atoms with Crippen LogP contribution in [0.4, 0.5) is 10.3 Å². The van der Waals surface area contributed by atoms with E-state index in [1.54, 1.807) is 18.2 Å². The Labute approximate surface area is 163 Å². The van der Waals surface area contributed by atoms with Crippen LogP contribution < -0.4 is 16.2 Å². The number of rotatable bonds is 5. The van der Waals surface area contributed by atoms with Crippen molar-refractivity contribution in [1.29, 1.82) is 0 Å². The van der Waals surface area contributed by atoms with Crippen molar-refractivity contribution >= 4 is 17.1 Å². The predicted molar refractivity (Wildman–Crippen MR) is 100 cm³/mol. The largest absolute Gasteiger partial charge is 0.497 e. The van der Waals surface area contributed by atoms with Crippen LogP contribution in [0.1, 0.15) is 11.8 Å². The highest BCUT2D eigenvalue weighted by Gasteiger charge is 2.46. The minimum Gasteiger partial charge on any atom is -0.497 e. The fraction of sp³-hybridized carbons (Fsp3) is 0.389. The van der Waals surface area contributed by atoms with E-state index in [1.807, 2.05) is 6.07 Å². The van der Waals surface area contributed by atoms with E-state index in [0.29, 0.717) is 11.3 Å². The third-order valence-electron chi connectivity index (χ3n) is 4.92. The number of hydrogen-bond donors (Lipinski definition) is 3. The number of ether oxygens (including phenoxy) is 2. The molecule has 4 atom stereocenters. The number of imidazole rings is 1. The molecule has 1 aliphatic rings. The van der Waals surface area contributed by atoms with Gasteiger partial charge in [0.1, 0.15) is 23.5 Å². The van der Waals surface area contributed by atoms with Gasteiger partial charge in [0.15, 0.2) is 18.0 Å². The molecule has 4 rings (SSSR count). The van der Waals surface area contributed by atoms with Crippen LogP contribution >= 0.6 is 0 Å². The first kappa shape index (κ1) is 19.3. The smallest absolute Gasteiger partial charge is 0.332 e. The summed E-state index contributed by atoms with van der Waals surface area (Å²) in [6.45, 7) is -0.485. The normalized spacial score (nSPS) is 24.3. The average Bonchev–Trinajstić information content (AvgIpc) is 3.15.